The van der Waals surface area contributed by atoms with Crippen LogP contribution >= 0.6 is 0 Å². The summed E-state index contributed by atoms with van der Waals surface area (Å²) in [6, 6.07) is 13.0. The van der Waals surface area contributed by atoms with Gasteiger partial charge in [0.1, 0.15) is 12.3 Å². The van der Waals surface area contributed by atoms with Crippen LogP contribution < -0.4 is 10.1 Å². The largest absolute Gasteiger partial charge is 0.497 e. The first kappa shape index (κ1) is 18.1. The molecule has 0 unspecified atom stereocenters. The van der Waals surface area contributed by atoms with E-state index >= 15 is 0 Å². The molecule has 0 aromatic heterocycles. The number of rotatable bonds is 6. The van der Waals surface area contributed by atoms with E-state index in [4.69, 9.17) is 9.47 Å². The zero-order valence-corrected chi connectivity index (χ0v) is 14.4. The van der Waals surface area contributed by atoms with Gasteiger partial charge in [0.05, 0.1) is 18.2 Å². The maximum atomic E-state index is 12.2. The number of carbonyl (C=O) groups excluding carboxylic acids is 4. The zero-order chi connectivity index (χ0) is 19.4. The molecular weight excluding hydrogens is 352 g/mol. The van der Waals surface area contributed by atoms with Crippen LogP contribution in [0.2, 0.25) is 0 Å². The minimum atomic E-state index is -0.856. The summed E-state index contributed by atoms with van der Waals surface area (Å²) < 4.78 is 9.91. The van der Waals surface area contributed by atoms with Gasteiger partial charge in [0, 0.05) is 11.8 Å². The Morgan fingerprint density at radius 3 is 2.30 bits per heavy atom. The average Bonchev–Trinajstić information content (AvgIpc) is 2.92. The Bertz CT molecular complexity index is 889. The van der Waals surface area contributed by atoms with E-state index < -0.39 is 36.8 Å². The quantitative estimate of drug-likeness (QED) is 0.612. The van der Waals surface area contributed by atoms with Crippen molar-refractivity contribution in [2.24, 2.45) is 0 Å². The Labute approximate surface area is 154 Å². The van der Waals surface area contributed by atoms with E-state index in [9.17, 15) is 19.2 Å². The number of ether oxygens (including phenoxy) is 2. The highest BCUT2D eigenvalue weighted by Gasteiger charge is 2.36. The van der Waals surface area contributed by atoms with Gasteiger partial charge in [0.25, 0.3) is 17.7 Å². The first-order valence-electron chi connectivity index (χ1n) is 8.04. The molecule has 27 heavy (non-hydrogen) atoms. The number of nitrogens with zero attached hydrogens (tertiary/aromatic N) is 1. The van der Waals surface area contributed by atoms with Crippen molar-refractivity contribution in [2.75, 3.05) is 25.6 Å². The van der Waals surface area contributed by atoms with Crippen LogP contribution in [0.5, 0.6) is 5.75 Å². The van der Waals surface area contributed by atoms with Crippen molar-refractivity contribution in [2.45, 2.75) is 0 Å². The summed E-state index contributed by atoms with van der Waals surface area (Å²) in [7, 11) is 1.50. The summed E-state index contributed by atoms with van der Waals surface area (Å²) in [6.07, 6.45) is 0. The van der Waals surface area contributed by atoms with Gasteiger partial charge in [-0.05, 0) is 24.3 Å². The lowest BCUT2D eigenvalue weighted by molar-refractivity contribution is -0.147. The van der Waals surface area contributed by atoms with Crippen LogP contribution in [0, 0.1) is 0 Å². The number of methoxy groups -OCH3 is 1. The maximum Gasteiger partial charge on any atom is 0.326 e. The molecule has 1 heterocycles. The predicted molar refractivity (Wildman–Crippen MR) is 94.4 cm³/mol. The second kappa shape index (κ2) is 7.69. The third kappa shape index (κ3) is 3.95. The van der Waals surface area contributed by atoms with Crippen LogP contribution in [0.15, 0.2) is 48.5 Å². The van der Waals surface area contributed by atoms with Crippen molar-refractivity contribution >= 4 is 29.4 Å². The molecule has 0 aliphatic carbocycles. The van der Waals surface area contributed by atoms with Crippen molar-refractivity contribution in [1.29, 1.82) is 0 Å². The molecule has 1 aliphatic heterocycles. The number of anilines is 1. The van der Waals surface area contributed by atoms with Gasteiger partial charge in [0.2, 0.25) is 0 Å². The van der Waals surface area contributed by atoms with Gasteiger partial charge < -0.3 is 14.8 Å². The second-order valence-corrected chi connectivity index (χ2v) is 5.68. The maximum absolute atomic E-state index is 12.2. The molecule has 0 radical (unpaired) electrons. The van der Waals surface area contributed by atoms with Crippen LogP contribution in [0.3, 0.4) is 0 Å². The minimum Gasteiger partial charge on any atom is -0.497 e. The molecule has 3 rings (SSSR count). The highest BCUT2D eigenvalue weighted by molar-refractivity contribution is 6.22. The van der Waals surface area contributed by atoms with E-state index in [0.717, 1.165) is 4.90 Å². The fourth-order valence-electron chi connectivity index (χ4n) is 2.60. The normalized spacial score (nSPS) is 12.6. The van der Waals surface area contributed by atoms with Crippen molar-refractivity contribution in [1.82, 2.24) is 4.90 Å². The predicted octanol–water partition coefficient (Wildman–Crippen LogP) is 1.47. The molecule has 8 heteroatoms. The summed E-state index contributed by atoms with van der Waals surface area (Å²) in [4.78, 5) is 49.0. The Kier molecular flexibility index (Phi) is 5.16. The average molecular weight is 368 g/mol. The van der Waals surface area contributed by atoms with Gasteiger partial charge in [-0.2, -0.15) is 0 Å². The Morgan fingerprint density at radius 2 is 1.67 bits per heavy atom. The fourth-order valence-corrected chi connectivity index (χ4v) is 2.60. The molecule has 0 saturated carbocycles. The third-order valence-corrected chi connectivity index (χ3v) is 3.88. The number of hydrogen-bond donors (Lipinski definition) is 1. The first-order chi connectivity index (χ1) is 13.0. The van der Waals surface area contributed by atoms with Crippen molar-refractivity contribution in [3.05, 3.63) is 59.7 Å². The Balaban J connectivity index is 1.52. The van der Waals surface area contributed by atoms with Crippen LogP contribution in [-0.2, 0) is 14.3 Å². The van der Waals surface area contributed by atoms with E-state index in [-0.39, 0.29) is 11.1 Å². The van der Waals surface area contributed by atoms with Crippen LogP contribution in [0.25, 0.3) is 0 Å². The number of fused-ring (bicyclic) bond motifs is 1. The van der Waals surface area contributed by atoms with Crippen LogP contribution in [-0.4, -0.2) is 48.9 Å². The van der Waals surface area contributed by atoms with E-state index in [0.29, 0.717) is 11.4 Å². The van der Waals surface area contributed by atoms with Crippen molar-refractivity contribution in [3.8, 4) is 5.75 Å². The van der Waals surface area contributed by atoms with Crippen molar-refractivity contribution in [3.63, 3.8) is 0 Å². The second-order valence-electron chi connectivity index (χ2n) is 5.68. The number of esters is 1. The van der Waals surface area contributed by atoms with E-state index in [2.05, 4.69) is 5.32 Å². The van der Waals surface area contributed by atoms with Gasteiger partial charge in [-0.25, -0.2) is 0 Å². The van der Waals surface area contributed by atoms with Gasteiger partial charge in [-0.15, -0.1) is 0 Å². The topological polar surface area (TPSA) is 102 Å². The fraction of sp³-hybridized carbons (Fsp3) is 0.158. The lowest BCUT2D eigenvalue weighted by Gasteiger charge is -2.13. The molecule has 0 saturated heterocycles. The van der Waals surface area contributed by atoms with Crippen LogP contribution in [0.1, 0.15) is 20.7 Å². The number of nitrogens with one attached hydrogen (secondary N) is 1. The molecular formula is C19H16N2O6. The number of amides is 3. The van der Waals surface area contributed by atoms with Crippen molar-refractivity contribution < 1.29 is 28.7 Å². The first-order valence-corrected chi connectivity index (χ1v) is 8.04. The van der Waals surface area contributed by atoms with Crippen LogP contribution in [0.4, 0.5) is 5.69 Å². The summed E-state index contributed by atoms with van der Waals surface area (Å²) in [5.41, 5.74) is 0.966. The van der Waals surface area contributed by atoms with E-state index in [1.54, 1.807) is 36.4 Å². The summed E-state index contributed by atoms with van der Waals surface area (Å²) >= 11 is 0. The molecule has 0 bridgehead atoms. The van der Waals surface area contributed by atoms with Gasteiger partial charge in [0.15, 0.2) is 6.61 Å². The zero-order valence-electron chi connectivity index (χ0n) is 14.4. The molecule has 0 spiro atoms. The molecule has 138 valence electrons. The van der Waals surface area contributed by atoms with E-state index in [1.807, 2.05) is 0 Å². The lowest BCUT2D eigenvalue weighted by atomic mass is 10.1. The summed E-state index contributed by atoms with van der Waals surface area (Å²) in [5, 5.41) is 2.55. The monoisotopic (exact) mass is 368 g/mol. The highest BCUT2D eigenvalue weighted by atomic mass is 16.5. The number of imide groups is 1. The van der Waals surface area contributed by atoms with E-state index in [1.165, 1.54) is 19.2 Å². The standard InChI is InChI=1S/C19H16N2O6/c1-26-13-6-4-5-12(9-13)20-16(22)11-27-17(23)10-21-18(24)14-7-2-3-8-15(14)19(21)25/h2-9H,10-11H2,1H3,(H,20,22). The molecule has 0 fully saturated rings. The number of hydrogen-bond acceptors (Lipinski definition) is 6. The van der Waals surface area contributed by atoms with Gasteiger partial charge in [-0.1, -0.05) is 18.2 Å². The minimum absolute atomic E-state index is 0.242. The molecule has 1 aliphatic rings. The smallest absolute Gasteiger partial charge is 0.326 e. The number of benzene rings is 2. The molecule has 3 amide bonds. The third-order valence-electron chi connectivity index (χ3n) is 3.88. The molecule has 8 nitrogen and oxygen atoms in total. The Hall–Kier alpha value is -3.68. The lowest BCUT2D eigenvalue weighted by Crippen LogP contribution is -2.36. The molecule has 2 aromatic carbocycles. The molecule has 0 atom stereocenters. The SMILES string of the molecule is COc1cccc(NC(=O)COC(=O)CN2C(=O)c3ccccc3C2=O)c1. The van der Waals surface area contributed by atoms with Gasteiger partial charge >= 0.3 is 5.97 Å². The highest BCUT2D eigenvalue weighted by Crippen LogP contribution is 2.22. The summed E-state index contributed by atoms with van der Waals surface area (Å²) in [5.74, 6) is -1.97. The summed E-state index contributed by atoms with van der Waals surface area (Å²) in [6.45, 7) is -1.10. The molecule has 1 N–H and O–H groups in total. The Morgan fingerprint density at radius 1 is 1.00 bits per heavy atom. The van der Waals surface area contributed by atoms with Gasteiger partial charge in [-0.3, -0.25) is 24.1 Å². The molecule has 2 aromatic rings. The number of carbonyl (C=O) groups is 4.